The molecular weight excluding hydrogens is 340 g/mol. The number of nitrogens with zero attached hydrogens (tertiary/aromatic N) is 2. The van der Waals surface area contributed by atoms with Gasteiger partial charge in [-0.15, -0.1) is 11.8 Å². The molecule has 0 aliphatic carbocycles. The number of benzene rings is 1. The van der Waals surface area contributed by atoms with Crippen LogP contribution in [0.15, 0.2) is 28.3 Å². The summed E-state index contributed by atoms with van der Waals surface area (Å²) in [5.74, 6) is 0.104. The molecule has 0 radical (unpaired) electrons. The zero-order valence-electron chi connectivity index (χ0n) is 15.3. The SMILES string of the molecule is CCOC(=O)C(C)(C)ON=C(C)c1ccc2c(c1)N(CC)C(=O)CS2. The fourth-order valence-electron chi connectivity index (χ4n) is 2.35. The van der Waals surface area contributed by atoms with Gasteiger partial charge in [-0.05, 0) is 46.8 Å². The first-order valence-electron chi connectivity index (χ1n) is 8.27. The van der Waals surface area contributed by atoms with Crippen molar-refractivity contribution in [3.63, 3.8) is 0 Å². The monoisotopic (exact) mass is 364 g/mol. The van der Waals surface area contributed by atoms with Crippen molar-refractivity contribution in [2.24, 2.45) is 5.16 Å². The van der Waals surface area contributed by atoms with Crippen LogP contribution in [0.1, 0.15) is 40.2 Å². The van der Waals surface area contributed by atoms with Crippen LogP contribution in [0.3, 0.4) is 0 Å². The minimum Gasteiger partial charge on any atom is -0.463 e. The largest absolute Gasteiger partial charge is 0.463 e. The third kappa shape index (κ3) is 4.34. The summed E-state index contributed by atoms with van der Waals surface area (Å²) in [5.41, 5.74) is 1.19. The summed E-state index contributed by atoms with van der Waals surface area (Å²) >= 11 is 1.54. The summed E-state index contributed by atoms with van der Waals surface area (Å²) < 4.78 is 4.98. The quantitative estimate of drug-likeness (QED) is 0.440. The first kappa shape index (κ1) is 19.3. The van der Waals surface area contributed by atoms with E-state index < -0.39 is 11.6 Å². The average molecular weight is 364 g/mol. The van der Waals surface area contributed by atoms with Gasteiger partial charge in [0.1, 0.15) is 0 Å². The predicted molar refractivity (Wildman–Crippen MR) is 99.2 cm³/mol. The third-order valence-corrected chi connectivity index (χ3v) is 4.86. The number of carbonyl (C=O) groups is 2. The maximum absolute atomic E-state index is 12.1. The summed E-state index contributed by atoms with van der Waals surface area (Å²) in [7, 11) is 0. The maximum Gasteiger partial charge on any atom is 0.352 e. The molecule has 0 saturated carbocycles. The molecular formula is C18H24N2O4S. The van der Waals surface area contributed by atoms with Gasteiger partial charge in [-0.2, -0.15) is 0 Å². The zero-order valence-corrected chi connectivity index (χ0v) is 16.1. The van der Waals surface area contributed by atoms with Crippen LogP contribution in [0.25, 0.3) is 0 Å². The van der Waals surface area contributed by atoms with E-state index in [-0.39, 0.29) is 12.5 Å². The number of carbonyl (C=O) groups excluding carboxylic acids is 2. The molecule has 0 atom stereocenters. The van der Waals surface area contributed by atoms with Crippen LogP contribution >= 0.6 is 11.8 Å². The lowest BCUT2D eigenvalue weighted by atomic mass is 10.1. The van der Waals surface area contributed by atoms with Crippen molar-refractivity contribution >= 4 is 35.0 Å². The van der Waals surface area contributed by atoms with Gasteiger partial charge in [-0.25, -0.2) is 4.79 Å². The van der Waals surface area contributed by atoms with Gasteiger partial charge in [0.2, 0.25) is 11.5 Å². The van der Waals surface area contributed by atoms with E-state index in [1.54, 1.807) is 32.6 Å². The Labute approximate surface area is 152 Å². The smallest absolute Gasteiger partial charge is 0.352 e. The van der Waals surface area contributed by atoms with Crippen LogP contribution in [0.4, 0.5) is 5.69 Å². The van der Waals surface area contributed by atoms with Crippen molar-refractivity contribution in [1.29, 1.82) is 0 Å². The number of thioether (sulfide) groups is 1. The fraction of sp³-hybridized carbons (Fsp3) is 0.500. The highest BCUT2D eigenvalue weighted by molar-refractivity contribution is 8.00. The van der Waals surface area contributed by atoms with E-state index in [2.05, 4.69) is 5.16 Å². The third-order valence-electron chi connectivity index (χ3n) is 3.81. The van der Waals surface area contributed by atoms with E-state index in [0.717, 1.165) is 16.1 Å². The first-order chi connectivity index (χ1) is 11.8. The van der Waals surface area contributed by atoms with Crippen LogP contribution in [0.5, 0.6) is 0 Å². The number of amides is 1. The summed E-state index contributed by atoms with van der Waals surface area (Å²) in [6, 6.07) is 5.86. The van der Waals surface area contributed by atoms with Crippen LogP contribution in [-0.2, 0) is 19.2 Å². The lowest BCUT2D eigenvalue weighted by Crippen LogP contribution is -2.35. The second kappa shape index (κ2) is 7.91. The van der Waals surface area contributed by atoms with Gasteiger partial charge in [-0.3, -0.25) is 4.79 Å². The Morgan fingerprint density at radius 1 is 1.36 bits per heavy atom. The van der Waals surface area contributed by atoms with E-state index in [1.165, 1.54) is 11.8 Å². The van der Waals surface area contributed by atoms with Gasteiger partial charge < -0.3 is 14.5 Å². The molecule has 136 valence electrons. The normalized spacial score (nSPS) is 15.0. The standard InChI is InChI=1S/C18H24N2O4S/c1-6-20-14-10-13(8-9-15(14)25-11-16(20)21)12(3)19-24-18(4,5)17(22)23-7-2/h8-10H,6-7,11H2,1-5H3. The van der Waals surface area contributed by atoms with Gasteiger partial charge in [-0.1, -0.05) is 11.2 Å². The summed E-state index contributed by atoms with van der Waals surface area (Å²) in [4.78, 5) is 32.2. The molecule has 0 N–H and O–H groups in total. The van der Waals surface area contributed by atoms with Crippen molar-refractivity contribution in [3.8, 4) is 0 Å². The summed E-state index contributed by atoms with van der Waals surface area (Å²) in [5, 5.41) is 4.09. The number of hydrogen-bond acceptors (Lipinski definition) is 6. The van der Waals surface area contributed by atoms with Crippen LogP contribution in [-0.4, -0.2) is 42.1 Å². The van der Waals surface area contributed by atoms with Crippen molar-refractivity contribution < 1.29 is 19.2 Å². The first-order valence-corrected chi connectivity index (χ1v) is 9.26. The lowest BCUT2D eigenvalue weighted by Gasteiger charge is -2.28. The molecule has 0 saturated heterocycles. The molecule has 7 heteroatoms. The van der Waals surface area contributed by atoms with E-state index in [1.807, 2.05) is 25.1 Å². The van der Waals surface area contributed by atoms with Crippen LogP contribution in [0.2, 0.25) is 0 Å². The van der Waals surface area contributed by atoms with Gasteiger partial charge in [0.15, 0.2) is 0 Å². The number of anilines is 1. The molecule has 0 unspecified atom stereocenters. The molecule has 25 heavy (non-hydrogen) atoms. The molecule has 0 fully saturated rings. The Hall–Kier alpha value is -2.02. The number of esters is 1. The Balaban J connectivity index is 2.22. The molecule has 0 spiro atoms. The van der Waals surface area contributed by atoms with Crippen molar-refractivity contribution in [3.05, 3.63) is 23.8 Å². The molecule has 1 aliphatic heterocycles. The van der Waals surface area contributed by atoms with E-state index in [0.29, 0.717) is 18.0 Å². The van der Waals surface area contributed by atoms with Crippen molar-refractivity contribution in [2.45, 2.75) is 45.1 Å². The van der Waals surface area contributed by atoms with E-state index >= 15 is 0 Å². The molecule has 0 aromatic heterocycles. The van der Waals surface area contributed by atoms with Gasteiger partial charge >= 0.3 is 5.97 Å². The molecule has 1 aromatic rings. The highest BCUT2D eigenvalue weighted by Gasteiger charge is 2.32. The van der Waals surface area contributed by atoms with Crippen LogP contribution in [0, 0.1) is 0 Å². The molecule has 1 aliphatic rings. The minimum absolute atomic E-state index is 0.103. The molecule has 1 aromatic carbocycles. The Morgan fingerprint density at radius 2 is 2.08 bits per heavy atom. The summed E-state index contributed by atoms with van der Waals surface area (Å²) in [6.45, 7) is 9.64. The van der Waals surface area contributed by atoms with Crippen molar-refractivity contribution in [2.75, 3.05) is 23.8 Å². The average Bonchev–Trinajstić information content (AvgIpc) is 2.59. The predicted octanol–water partition coefficient (Wildman–Crippen LogP) is 3.23. The topological polar surface area (TPSA) is 68.2 Å². The Morgan fingerprint density at radius 3 is 2.72 bits per heavy atom. The zero-order chi connectivity index (χ0) is 18.6. The second-order valence-electron chi connectivity index (χ2n) is 6.11. The molecule has 0 bridgehead atoms. The van der Waals surface area contributed by atoms with Gasteiger partial charge in [0.25, 0.3) is 0 Å². The van der Waals surface area contributed by atoms with Gasteiger partial charge in [0, 0.05) is 17.0 Å². The summed E-state index contributed by atoms with van der Waals surface area (Å²) in [6.07, 6.45) is 0. The Bertz CT molecular complexity index is 700. The second-order valence-corrected chi connectivity index (χ2v) is 7.13. The van der Waals surface area contributed by atoms with E-state index in [4.69, 9.17) is 9.57 Å². The number of ether oxygens (including phenoxy) is 1. The molecule has 2 rings (SSSR count). The highest BCUT2D eigenvalue weighted by atomic mass is 32.2. The van der Waals surface area contributed by atoms with Crippen LogP contribution < -0.4 is 4.90 Å². The number of oxime groups is 1. The number of fused-ring (bicyclic) bond motifs is 1. The highest BCUT2D eigenvalue weighted by Crippen LogP contribution is 2.36. The number of rotatable bonds is 6. The molecule has 1 heterocycles. The fourth-order valence-corrected chi connectivity index (χ4v) is 3.27. The lowest BCUT2D eigenvalue weighted by molar-refractivity contribution is -0.167. The van der Waals surface area contributed by atoms with Gasteiger partial charge in [0.05, 0.1) is 23.8 Å². The molecule has 6 nitrogen and oxygen atoms in total. The van der Waals surface area contributed by atoms with Crippen molar-refractivity contribution in [1.82, 2.24) is 0 Å². The maximum atomic E-state index is 12.1. The van der Waals surface area contributed by atoms with E-state index in [9.17, 15) is 9.59 Å². The Kier molecular flexibility index (Phi) is 6.11. The number of hydrogen-bond donors (Lipinski definition) is 0. The minimum atomic E-state index is -1.16. The molecule has 1 amide bonds.